The van der Waals surface area contributed by atoms with Crippen LogP contribution in [0.1, 0.15) is 37.4 Å². The fourth-order valence-electron chi connectivity index (χ4n) is 4.56. The summed E-state index contributed by atoms with van der Waals surface area (Å²) >= 11 is 6.03. The second-order valence-electron chi connectivity index (χ2n) is 8.51. The summed E-state index contributed by atoms with van der Waals surface area (Å²) in [6.07, 6.45) is 0.538. The summed E-state index contributed by atoms with van der Waals surface area (Å²) in [7, 11) is 1.62. The van der Waals surface area contributed by atoms with E-state index in [1.165, 1.54) is 0 Å². The number of primary amides is 1. The van der Waals surface area contributed by atoms with Crippen LogP contribution in [0.3, 0.4) is 0 Å². The van der Waals surface area contributed by atoms with E-state index in [4.69, 9.17) is 22.1 Å². The van der Waals surface area contributed by atoms with Gasteiger partial charge in [-0.3, -0.25) is 9.59 Å². The first-order valence-electron chi connectivity index (χ1n) is 11.2. The second-order valence-corrected chi connectivity index (χ2v) is 8.94. The predicted octanol–water partition coefficient (Wildman–Crippen LogP) is 5.62. The fourth-order valence-corrected chi connectivity index (χ4v) is 4.77. The van der Waals surface area contributed by atoms with Crippen LogP contribution in [0, 0.1) is 0 Å². The van der Waals surface area contributed by atoms with Gasteiger partial charge in [0.1, 0.15) is 5.75 Å². The lowest BCUT2D eigenvalue weighted by atomic mass is 9.94. The number of carbonyl (C=O) groups excluding carboxylic acids is 2. The molecule has 0 saturated heterocycles. The lowest BCUT2D eigenvalue weighted by molar-refractivity contribution is 0.0949. The standard InChI is InChI=1S/C29H23ClN2O3/c1-35-23-7-3-5-18(12-23)20-13-25-24-9-8-19(11-21(24)15-26(25)27(14-20)28(31)33)29(34)32-16-17-4-2-6-22(30)10-17/h2-14H,15-16H2,1H3,(H2,31,33)(H,32,34). The van der Waals surface area contributed by atoms with Crippen molar-refractivity contribution in [3.63, 3.8) is 0 Å². The summed E-state index contributed by atoms with van der Waals surface area (Å²) in [4.78, 5) is 25.2. The third kappa shape index (κ3) is 4.51. The fraction of sp³-hybridized carbons (Fsp3) is 0.103. The number of hydrogen-bond acceptors (Lipinski definition) is 3. The number of hydrogen-bond donors (Lipinski definition) is 2. The van der Waals surface area contributed by atoms with Crippen LogP contribution >= 0.6 is 11.6 Å². The Morgan fingerprint density at radius 3 is 2.54 bits per heavy atom. The minimum absolute atomic E-state index is 0.170. The van der Waals surface area contributed by atoms with E-state index in [0.29, 0.717) is 29.1 Å². The number of nitrogens with one attached hydrogen (secondary N) is 1. The van der Waals surface area contributed by atoms with E-state index in [9.17, 15) is 9.59 Å². The largest absolute Gasteiger partial charge is 0.497 e. The molecule has 1 aliphatic rings. The van der Waals surface area contributed by atoms with Crippen molar-refractivity contribution in [1.82, 2.24) is 5.32 Å². The molecule has 4 aromatic rings. The highest BCUT2D eigenvalue weighted by Gasteiger charge is 2.25. The number of nitrogens with two attached hydrogens (primary N) is 1. The molecule has 0 fully saturated rings. The molecule has 174 valence electrons. The van der Waals surface area contributed by atoms with E-state index in [-0.39, 0.29) is 5.91 Å². The molecule has 0 radical (unpaired) electrons. The van der Waals surface area contributed by atoms with Gasteiger partial charge in [0.15, 0.2) is 0 Å². The van der Waals surface area contributed by atoms with Crippen LogP contribution in [0.25, 0.3) is 22.3 Å². The monoisotopic (exact) mass is 482 g/mol. The van der Waals surface area contributed by atoms with Crippen molar-refractivity contribution in [3.8, 4) is 28.0 Å². The quantitative estimate of drug-likeness (QED) is 0.330. The van der Waals surface area contributed by atoms with Gasteiger partial charge in [-0.2, -0.15) is 0 Å². The van der Waals surface area contributed by atoms with Gasteiger partial charge < -0.3 is 15.8 Å². The molecule has 3 N–H and O–H groups in total. The van der Waals surface area contributed by atoms with Crippen LogP contribution in [-0.4, -0.2) is 18.9 Å². The highest BCUT2D eigenvalue weighted by molar-refractivity contribution is 6.30. The Hall–Kier alpha value is -4.09. The first-order chi connectivity index (χ1) is 16.9. The highest BCUT2D eigenvalue weighted by atomic mass is 35.5. The maximum absolute atomic E-state index is 12.8. The van der Waals surface area contributed by atoms with Crippen molar-refractivity contribution >= 4 is 23.4 Å². The highest BCUT2D eigenvalue weighted by Crippen LogP contribution is 2.41. The molecule has 1 aliphatic carbocycles. The molecule has 0 atom stereocenters. The van der Waals surface area contributed by atoms with E-state index < -0.39 is 5.91 Å². The Morgan fingerprint density at radius 2 is 1.77 bits per heavy atom. The van der Waals surface area contributed by atoms with Gasteiger partial charge >= 0.3 is 0 Å². The molecule has 0 heterocycles. The number of methoxy groups -OCH3 is 1. The number of fused-ring (bicyclic) bond motifs is 3. The first-order valence-corrected chi connectivity index (χ1v) is 11.6. The predicted molar refractivity (Wildman–Crippen MR) is 138 cm³/mol. The number of ether oxygens (including phenoxy) is 1. The van der Waals surface area contributed by atoms with E-state index in [0.717, 1.165) is 44.7 Å². The number of rotatable bonds is 6. The maximum Gasteiger partial charge on any atom is 0.251 e. The molecule has 35 heavy (non-hydrogen) atoms. The van der Waals surface area contributed by atoms with Crippen molar-refractivity contribution < 1.29 is 14.3 Å². The summed E-state index contributed by atoms with van der Waals surface area (Å²) in [5.74, 6) is 0.0895. The van der Waals surface area contributed by atoms with Crippen LogP contribution < -0.4 is 15.8 Å². The second kappa shape index (κ2) is 9.28. The smallest absolute Gasteiger partial charge is 0.251 e. The van der Waals surface area contributed by atoms with Crippen LogP contribution in [0.5, 0.6) is 5.75 Å². The molecule has 0 aliphatic heterocycles. The minimum Gasteiger partial charge on any atom is -0.497 e. The van der Waals surface area contributed by atoms with Gasteiger partial charge in [0.2, 0.25) is 5.91 Å². The number of halogens is 1. The summed E-state index contributed by atoms with van der Waals surface area (Å²) in [6, 6.07) is 24.6. The Labute approximate surface area is 208 Å². The van der Waals surface area contributed by atoms with E-state index in [1.807, 2.05) is 66.7 Å². The van der Waals surface area contributed by atoms with E-state index in [2.05, 4.69) is 11.4 Å². The van der Waals surface area contributed by atoms with Crippen molar-refractivity contribution in [1.29, 1.82) is 0 Å². The summed E-state index contributed by atoms with van der Waals surface area (Å²) in [6.45, 7) is 0.381. The maximum atomic E-state index is 12.8. The molecule has 4 aromatic carbocycles. The SMILES string of the molecule is COc1cccc(-c2cc(C(N)=O)c3c(c2)-c2ccc(C(=O)NCc4cccc(Cl)c4)cc2C3)c1. The van der Waals surface area contributed by atoms with Gasteiger partial charge in [0, 0.05) is 22.7 Å². The molecule has 2 amide bonds. The third-order valence-electron chi connectivity index (χ3n) is 6.29. The van der Waals surface area contributed by atoms with Crippen LogP contribution in [0.15, 0.2) is 78.9 Å². The average Bonchev–Trinajstić information content (AvgIpc) is 3.24. The molecule has 0 bridgehead atoms. The molecule has 0 unspecified atom stereocenters. The van der Waals surface area contributed by atoms with Crippen LogP contribution in [0.2, 0.25) is 5.02 Å². The molecule has 0 saturated carbocycles. The van der Waals surface area contributed by atoms with Crippen molar-refractivity contribution in [2.24, 2.45) is 5.73 Å². The topological polar surface area (TPSA) is 81.4 Å². The Kier molecular flexibility index (Phi) is 6.01. The Bertz CT molecular complexity index is 1480. The molecular weight excluding hydrogens is 460 g/mol. The zero-order valence-electron chi connectivity index (χ0n) is 19.1. The summed E-state index contributed by atoms with van der Waals surface area (Å²) in [5, 5.41) is 3.57. The molecular formula is C29H23ClN2O3. The zero-order valence-corrected chi connectivity index (χ0v) is 19.9. The van der Waals surface area contributed by atoms with Gasteiger partial charge in [-0.05, 0) is 93.9 Å². The Balaban J connectivity index is 1.46. The van der Waals surface area contributed by atoms with Crippen molar-refractivity contribution in [2.45, 2.75) is 13.0 Å². The Morgan fingerprint density at radius 1 is 0.943 bits per heavy atom. The van der Waals surface area contributed by atoms with Crippen molar-refractivity contribution in [2.75, 3.05) is 7.11 Å². The van der Waals surface area contributed by atoms with Crippen LogP contribution in [0.4, 0.5) is 0 Å². The molecule has 5 rings (SSSR count). The van der Waals surface area contributed by atoms with E-state index in [1.54, 1.807) is 13.2 Å². The summed E-state index contributed by atoms with van der Waals surface area (Å²) < 4.78 is 5.36. The van der Waals surface area contributed by atoms with Gasteiger partial charge in [-0.25, -0.2) is 0 Å². The normalized spacial score (nSPS) is 11.5. The van der Waals surface area contributed by atoms with Crippen LogP contribution in [-0.2, 0) is 13.0 Å². The van der Waals surface area contributed by atoms with Crippen molar-refractivity contribution in [3.05, 3.63) is 112 Å². The number of amides is 2. The van der Waals surface area contributed by atoms with Gasteiger partial charge in [0.25, 0.3) is 5.91 Å². The lowest BCUT2D eigenvalue weighted by Gasteiger charge is -2.11. The molecule has 0 aromatic heterocycles. The van der Waals surface area contributed by atoms with E-state index >= 15 is 0 Å². The van der Waals surface area contributed by atoms with Gasteiger partial charge in [-0.1, -0.05) is 41.9 Å². The van der Waals surface area contributed by atoms with Gasteiger partial charge in [0.05, 0.1) is 7.11 Å². The number of carbonyl (C=O) groups is 2. The number of benzene rings is 4. The minimum atomic E-state index is -0.474. The van der Waals surface area contributed by atoms with Gasteiger partial charge in [-0.15, -0.1) is 0 Å². The third-order valence-corrected chi connectivity index (χ3v) is 6.52. The average molecular weight is 483 g/mol. The summed E-state index contributed by atoms with van der Waals surface area (Å²) in [5.41, 5.74) is 13.4. The molecule has 0 spiro atoms. The molecule has 5 nitrogen and oxygen atoms in total. The zero-order chi connectivity index (χ0) is 24.5. The first kappa shape index (κ1) is 22.7. The lowest BCUT2D eigenvalue weighted by Crippen LogP contribution is -2.22. The molecule has 6 heteroatoms.